The number of methoxy groups -OCH3 is 1. The third-order valence-electron chi connectivity index (χ3n) is 4.80. The van der Waals surface area contributed by atoms with E-state index < -0.39 is 6.10 Å². The van der Waals surface area contributed by atoms with Gasteiger partial charge in [-0.15, -0.1) is 0 Å². The van der Waals surface area contributed by atoms with Crippen LogP contribution in [0.2, 0.25) is 0 Å². The number of anilines is 1. The molecule has 0 bridgehead atoms. The van der Waals surface area contributed by atoms with Crippen molar-refractivity contribution < 1.29 is 19.1 Å². The second kappa shape index (κ2) is 6.23. The monoisotopic (exact) mass is 343 g/mol. The van der Waals surface area contributed by atoms with Crippen molar-refractivity contribution in [1.29, 1.82) is 0 Å². The zero-order valence-corrected chi connectivity index (χ0v) is 15.4. The maximum Gasteiger partial charge on any atom is 0.291 e. The predicted octanol–water partition coefficient (Wildman–Crippen LogP) is 4.16. The number of fused-ring (bicyclic) bond motifs is 1. The van der Waals surface area contributed by atoms with E-state index in [0.717, 1.165) is 11.1 Å². The van der Waals surface area contributed by atoms with Crippen LogP contribution >= 0.6 is 0 Å². The van der Waals surface area contributed by atoms with Crippen LogP contribution < -0.4 is 10.1 Å². The minimum absolute atomic E-state index is 0.0514. The zero-order chi connectivity index (χ0) is 18.4. The third-order valence-corrected chi connectivity index (χ3v) is 4.80. The SMILES string of the molecule is COc1ccc(C)cc1NC(=O)c1oc2c(c1C)[C@H](O)CC(C)(C)C2. The van der Waals surface area contributed by atoms with Gasteiger partial charge in [-0.05, 0) is 43.4 Å². The number of carbonyl (C=O) groups is 1. The third kappa shape index (κ3) is 3.29. The Morgan fingerprint density at radius 1 is 1.36 bits per heavy atom. The van der Waals surface area contributed by atoms with E-state index in [1.54, 1.807) is 7.11 Å². The van der Waals surface area contributed by atoms with Crippen LogP contribution in [0, 0.1) is 19.3 Å². The molecule has 0 saturated carbocycles. The fraction of sp³-hybridized carbons (Fsp3) is 0.450. The van der Waals surface area contributed by atoms with Gasteiger partial charge in [-0.1, -0.05) is 19.9 Å². The van der Waals surface area contributed by atoms with Crippen molar-refractivity contribution in [3.05, 3.63) is 46.4 Å². The van der Waals surface area contributed by atoms with Gasteiger partial charge in [0.05, 0.1) is 18.9 Å². The Hall–Kier alpha value is -2.27. The van der Waals surface area contributed by atoms with E-state index in [1.165, 1.54) is 0 Å². The van der Waals surface area contributed by atoms with Crippen molar-refractivity contribution in [2.75, 3.05) is 12.4 Å². The van der Waals surface area contributed by atoms with E-state index in [2.05, 4.69) is 19.2 Å². The number of ether oxygens (including phenoxy) is 1. The van der Waals surface area contributed by atoms with Gasteiger partial charge in [0, 0.05) is 17.5 Å². The first-order valence-corrected chi connectivity index (χ1v) is 8.48. The number of aliphatic hydroxyl groups excluding tert-OH is 1. The molecule has 0 fully saturated rings. The fourth-order valence-corrected chi connectivity index (χ4v) is 3.60. The van der Waals surface area contributed by atoms with E-state index in [0.29, 0.717) is 35.6 Å². The molecule has 1 aromatic heterocycles. The van der Waals surface area contributed by atoms with Gasteiger partial charge < -0.3 is 19.6 Å². The lowest BCUT2D eigenvalue weighted by molar-refractivity contribution is 0.0910. The second-order valence-electron chi connectivity index (χ2n) is 7.61. The van der Waals surface area contributed by atoms with Crippen LogP contribution in [0.25, 0.3) is 0 Å². The largest absolute Gasteiger partial charge is 0.495 e. The minimum Gasteiger partial charge on any atom is -0.495 e. The predicted molar refractivity (Wildman–Crippen MR) is 96.2 cm³/mol. The molecule has 1 heterocycles. The number of hydrogen-bond donors (Lipinski definition) is 2. The highest BCUT2D eigenvalue weighted by atomic mass is 16.5. The fourth-order valence-electron chi connectivity index (χ4n) is 3.60. The normalized spacial score (nSPS) is 18.6. The van der Waals surface area contributed by atoms with E-state index >= 15 is 0 Å². The molecular formula is C20H25NO4. The molecule has 1 atom stereocenters. The summed E-state index contributed by atoms with van der Waals surface area (Å²) in [4.78, 5) is 12.8. The number of aliphatic hydroxyl groups is 1. The van der Waals surface area contributed by atoms with E-state index in [4.69, 9.17) is 9.15 Å². The van der Waals surface area contributed by atoms with E-state index in [9.17, 15) is 9.90 Å². The molecule has 1 aromatic carbocycles. The number of amides is 1. The molecule has 0 spiro atoms. The molecule has 5 nitrogen and oxygen atoms in total. The van der Waals surface area contributed by atoms with Crippen molar-refractivity contribution in [3.8, 4) is 5.75 Å². The van der Waals surface area contributed by atoms with Crippen LogP contribution in [-0.4, -0.2) is 18.1 Å². The highest BCUT2D eigenvalue weighted by molar-refractivity contribution is 6.04. The van der Waals surface area contributed by atoms with Crippen molar-refractivity contribution in [2.45, 2.75) is 46.6 Å². The van der Waals surface area contributed by atoms with Gasteiger partial charge in [-0.25, -0.2) is 0 Å². The maximum absolute atomic E-state index is 12.8. The van der Waals surface area contributed by atoms with Crippen LogP contribution in [0.4, 0.5) is 5.69 Å². The molecule has 0 radical (unpaired) electrons. The van der Waals surface area contributed by atoms with Gasteiger partial charge >= 0.3 is 0 Å². The summed E-state index contributed by atoms with van der Waals surface area (Å²) in [7, 11) is 1.57. The lowest BCUT2D eigenvalue weighted by Crippen LogP contribution is -2.24. The lowest BCUT2D eigenvalue weighted by atomic mass is 9.75. The van der Waals surface area contributed by atoms with Gasteiger partial charge in [0.25, 0.3) is 5.91 Å². The molecule has 0 aliphatic heterocycles. The summed E-state index contributed by atoms with van der Waals surface area (Å²) < 4.78 is 11.2. The number of hydrogen-bond acceptors (Lipinski definition) is 4. The van der Waals surface area contributed by atoms with Gasteiger partial charge in [-0.3, -0.25) is 4.79 Å². The lowest BCUT2D eigenvalue weighted by Gasteiger charge is -2.31. The zero-order valence-electron chi connectivity index (χ0n) is 15.4. The summed E-state index contributed by atoms with van der Waals surface area (Å²) >= 11 is 0. The first-order valence-electron chi connectivity index (χ1n) is 8.48. The van der Waals surface area contributed by atoms with Crippen molar-refractivity contribution >= 4 is 11.6 Å². The molecule has 134 valence electrons. The number of rotatable bonds is 3. The molecule has 3 rings (SSSR count). The summed E-state index contributed by atoms with van der Waals surface area (Å²) in [5, 5.41) is 13.3. The van der Waals surface area contributed by atoms with Gasteiger partial charge in [0.1, 0.15) is 11.5 Å². The van der Waals surface area contributed by atoms with E-state index in [-0.39, 0.29) is 17.1 Å². The Morgan fingerprint density at radius 3 is 2.76 bits per heavy atom. The highest BCUT2D eigenvalue weighted by Gasteiger charge is 2.37. The summed E-state index contributed by atoms with van der Waals surface area (Å²) in [6.07, 6.45) is 0.770. The summed E-state index contributed by atoms with van der Waals surface area (Å²) in [5.41, 5.74) is 3.04. The summed E-state index contributed by atoms with van der Waals surface area (Å²) in [6, 6.07) is 5.59. The summed E-state index contributed by atoms with van der Waals surface area (Å²) in [5.74, 6) is 1.22. The number of nitrogens with one attached hydrogen (secondary N) is 1. The van der Waals surface area contributed by atoms with E-state index in [1.807, 2.05) is 32.0 Å². The van der Waals surface area contributed by atoms with Crippen molar-refractivity contribution in [2.24, 2.45) is 5.41 Å². The number of carbonyl (C=O) groups excluding carboxylic acids is 1. The average molecular weight is 343 g/mol. The van der Waals surface area contributed by atoms with Crippen molar-refractivity contribution in [3.63, 3.8) is 0 Å². The van der Waals surface area contributed by atoms with Crippen LogP contribution in [0.5, 0.6) is 5.75 Å². The molecule has 2 aromatic rings. The maximum atomic E-state index is 12.8. The smallest absolute Gasteiger partial charge is 0.291 e. The molecule has 1 aliphatic rings. The molecule has 0 saturated heterocycles. The minimum atomic E-state index is -0.599. The number of furan rings is 1. The molecule has 25 heavy (non-hydrogen) atoms. The van der Waals surface area contributed by atoms with Crippen molar-refractivity contribution in [1.82, 2.24) is 0 Å². The quantitative estimate of drug-likeness (QED) is 0.878. The van der Waals surface area contributed by atoms with Crippen LogP contribution in [0.3, 0.4) is 0 Å². The van der Waals surface area contributed by atoms with Crippen LogP contribution in [0.15, 0.2) is 22.6 Å². The topological polar surface area (TPSA) is 71.7 Å². The molecule has 0 unspecified atom stereocenters. The Labute approximate surface area is 148 Å². The van der Waals surface area contributed by atoms with Crippen LogP contribution in [-0.2, 0) is 6.42 Å². The van der Waals surface area contributed by atoms with Gasteiger partial charge in [0.15, 0.2) is 5.76 Å². The molecule has 2 N–H and O–H groups in total. The molecule has 5 heteroatoms. The average Bonchev–Trinajstić information content (AvgIpc) is 2.83. The highest BCUT2D eigenvalue weighted by Crippen LogP contribution is 2.44. The Bertz CT molecular complexity index is 819. The first kappa shape index (κ1) is 17.5. The Balaban J connectivity index is 1.93. The number of aryl methyl sites for hydroxylation is 1. The Kier molecular flexibility index (Phi) is 4.37. The van der Waals surface area contributed by atoms with Gasteiger partial charge in [-0.2, -0.15) is 0 Å². The molecular weight excluding hydrogens is 318 g/mol. The number of benzene rings is 1. The first-order chi connectivity index (χ1) is 11.7. The van der Waals surface area contributed by atoms with Crippen LogP contribution in [0.1, 0.15) is 59.4 Å². The second-order valence-corrected chi connectivity index (χ2v) is 7.61. The standard InChI is InChI=1S/C20H25NO4/c1-11-6-7-15(24-5)13(8-11)21-19(23)18-12(2)17-14(22)9-20(3,4)10-16(17)25-18/h6-8,14,22H,9-10H2,1-5H3,(H,21,23)/t14-/m1/s1. The van der Waals surface area contributed by atoms with Gasteiger partial charge in [0.2, 0.25) is 0 Å². The molecule has 1 amide bonds. The summed E-state index contributed by atoms with van der Waals surface area (Å²) in [6.45, 7) is 7.96. The Morgan fingerprint density at radius 2 is 2.08 bits per heavy atom. The molecule has 1 aliphatic carbocycles.